The lowest BCUT2D eigenvalue weighted by Gasteiger charge is -2.31. The number of amides is 7. The predicted octanol–water partition coefficient (Wildman–Crippen LogP) is 0.0958. The number of nitrogens with two attached hydrogens (primary N) is 1. The van der Waals surface area contributed by atoms with Crippen LogP contribution < -0.4 is 37.6 Å². The number of benzene rings is 2. The average Bonchev–Trinajstić information content (AvgIpc) is 3.77. The minimum Gasteiger partial charge on any atom is -0.508 e. The van der Waals surface area contributed by atoms with Gasteiger partial charge in [0.25, 0.3) is 0 Å². The second-order valence-corrected chi connectivity index (χ2v) is 16.6. The van der Waals surface area contributed by atoms with Gasteiger partial charge in [0.1, 0.15) is 48.0 Å². The van der Waals surface area contributed by atoms with Crippen LogP contribution in [-0.4, -0.2) is 128 Å². The van der Waals surface area contributed by atoms with Crippen molar-refractivity contribution in [2.24, 2.45) is 17.6 Å². The van der Waals surface area contributed by atoms with Gasteiger partial charge in [0.05, 0.1) is 12.5 Å². The topological polar surface area (TPSA) is 316 Å². The third kappa shape index (κ3) is 15.9. The molecule has 0 aliphatic carbocycles. The number of carboxylic acid groups (broad SMARTS) is 2. The second kappa shape index (κ2) is 25.1. The van der Waals surface area contributed by atoms with Gasteiger partial charge in [0.2, 0.25) is 41.4 Å². The van der Waals surface area contributed by atoms with Gasteiger partial charge in [-0.15, -0.1) is 0 Å². The van der Waals surface area contributed by atoms with Gasteiger partial charge < -0.3 is 57.9 Å². The molecule has 7 amide bonds. The summed E-state index contributed by atoms with van der Waals surface area (Å²) in [5.41, 5.74) is 6.89. The molecule has 11 N–H and O–H groups in total. The maximum Gasteiger partial charge on any atom is 0.326 e. The summed E-state index contributed by atoms with van der Waals surface area (Å²) < 4.78 is 0. The predicted molar refractivity (Wildman–Crippen MR) is 236 cm³/mol. The number of aliphatic carboxylic acids is 2. The Kier molecular flexibility index (Phi) is 20.3. The molecule has 65 heavy (non-hydrogen) atoms. The van der Waals surface area contributed by atoms with E-state index in [-0.39, 0.29) is 31.1 Å². The highest BCUT2D eigenvalue weighted by Crippen LogP contribution is 2.22. The van der Waals surface area contributed by atoms with Crippen LogP contribution in [0.3, 0.4) is 0 Å². The molecule has 2 aromatic rings. The Morgan fingerprint density at radius 1 is 0.631 bits per heavy atom. The molecular formula is C45H64N8O12. The van der Waals surface area contributed by atoms with Gasteiger partial charge in [-0.05, 0) is 61.8 Å². The standard InChI is InChI=1S/C45H64N8O12/c1-7-24(3)36(51-40(59)31(46)23-35(55)56)43(62)50-33(22-29-16-18-30(54)19-17-29)42(61)49-32(21-28-13-10-9-11-14-28)41(60)48-26(5)38(57)47-27(6)39(58)52-37(25(4)8-2)44(63)53-20-12-15-34(53)45(64)65/h9-11,13-14,16-19,24-27,31-34,36-37,54H,7-8,12,15,20-23,46H2,1-6H3,(H,47,57)(H,48,60)(H,49,61)(H,50,62)(H,51,59)(H,52,58)(H,55,56)(H,64,65)/t24-,25-,26-,27-,31-,32-,33-,34-,36-,37-/m0/s1. The van der Waals surface area contributed by atoms with Crippen LogP contribution in [0.5, 0.6) is 5.75 Å². The maximum atomic E-state index is 14.2. The Hall–Kier alpha value is -6.57. The van der Waals surface area contributed by atoms with Crippen molar-refractivity contribution in [1.82, 2.24) is 36.8 Å². The van der Waals surface area contributed by atoms with E-state index in [0.717, 1.165) is 0 Å². The molecule has 20 heteroatoms. The van der Waals surface area contributed by atoms with E-state index in [9.17, 15) is 53.4 Å². The SMILES string of the molecule is CC[C@H](C)[C@H](NC(=O)[C@@H](N)CC(=O)O)C(=O)N[C@@H](Cc1ccc(O)cc1)C(=O)N[C@@H](Cc1ccccc1)C(=O)N[C@@H](C)C(=O)N[C@@H](C)C(=O)N[C@H](C(=O)N1CCC[C@H]1C(=O)O)[C@@H](C)CC. The zero-order valence-corrected chi connectivity index (χ0v) is 37.7. The number of rotatable bonds is 24. The fraction of sp³-hybridized carbons (Fsp3) is 0.533. The number of phenols is 1. The van der Waals surface area contributed by atoms with Crippen LogP contribution in [0.4, 0.5) is 0 Å². The van der Waals surface area contributed by atoms with Crippen LogP contribution in [0.1, 0.15) is 84.8 Å². The number of phenolic OH excluding ortho intramolecular Hbond substituents is 1. The molecule has 0 aromatic heterocycles. The minimum atomic E-state index is -1.46. The number of nitrogens with zero attached hydrogens (tertiary/aromatic N) is 1. The van der Waals surface area contributed by atoms with Crippen LogP contribution in [0.15, 0.2) is 54.6 Å². The summed E-state index contributed by atoms with van der Waals surface area (Å²) in [5.74, 6) is -8.70. The van der Waals surface area contributed by atoms with Gasteiger partial charge in [0.15, 0.2) is 0 Å². The van der Waals surface area contributed by atoms with E-state index in [1.807, 2.05) is 6.92 Å². The summed E-state index contributed by atoms with van der Waals surface area (Å²) in [5, 5.41) is 44.3. The van der Waals surface area contributed by atoms with E-state index in [0.29, 0.717) is 36.8 Å². The van der Waals surface area contributed by atoms with E-state index in [1.54, 1.807) is 51.1 Å². The summed E-state index contributed by atoms with van der Waals surface area (Å²) in [6.07, 6.45) is 0.770. The van der Waals surface area contributed by atoms with Crippen molar-refractivity contribution in [3.8, 4) is 5.75 Å². The highest BCUT2D eigenvalue weighted by Gasteiger charge is 2.40. The highest BCUT2D eigenvalue weighted by atomic mass is 16.4. The van der Waals surface area contributed by atoms with Gasteiger partial charge in [-0.2, -0.15) is 0 Å². The normalized spacial score (nSPS) is 17.6. The van der Waals surface area contributed by atoms with Gasteiger partial charge in [-0.25, -0.2) is 4.79 Å². The van der Waals surface area contributed by atoms with Crippen LogP contribution >= 0.6 is 0 Å². The van der Waals surface area contributed by atoms with Crippen molar-refractivity contribution in [1.29, 1.82) is 0 Å². The molecule has 10 atom stereocenters. The van der Waals surface area contributed by atoms with Crippen LogP contribution in [0, 0.1) is 11.8 Å². The van der Waals surface area contributed by atoms with Gasteiger partial charge in [-0.1, -0.05) is 83.0 Å². The van der Waals surface area contributed by atoms with Crippen LogP contribution in [-0.2, 0) is 56.0 Å². The van der Waals surface area contributed by atoms with E-state index >= 15 is 0 Å². The zero-order valence-electron chi connectivity index (χ0n) is 37.7. The number of nitrogens with one attached hydrogen (secondary N) is 6. The molecule has 2 aromatic carbocycles. The number of aromatic hydroxyl groups is 1. The number of carbonyl (C=O) groups excluding carboxylic acids is 7. The number of carbonyl (C=O) groups is 9. The molecule has 3 rings (SSSR count). The summed E-state index contributed by atoms with van der Waals surface area (Å²) in [6.45, 7) is 9.98. The van der Waals surface area contributed by atoms with Crippen molar-refractivity contribution in [2.75, 3.05) is 6.54 Å². The first kappa shape index (κ1) is 52.8. The monoisotopic (exact) mass is 908 g/mol. The molecule has 1 saturated heterocycles. The van der Waals surface area contributed by atoms with E-state index in [2.05, 4.69) is 31.9 Å². The second-order valence-electron chi connectivity index (χ2n) is 16.6. The molecule has 0 radical (unpaired) electrons. The quantitative estimate of drug-likeness (QED) is 0.0669. The molecule has 0 unspecified atom stereocenters. The molecular weight excluding hydrogens is 845 g/mol. The first-order valence-corrected chi connectivity index (χ1v) is 21.8. The van der Waals surface area contributed by atoms with Crippen LogP contribution in [0.2, 0.25) is 0 Å². The average molecular weight is 909 g/mol. The molecule has 0 spiro atoms. The van der Waals surface area contributed by atoms with Gasteiger partial charge in [-0.3, -0.25) is 38.4 Å². The van der Waals surface area contributed by atoms with E-state index < -0.39 is 114 Å². The lowest BCUT2D eigenvalue weighted by molar-refractivity contribution is -0.150. The Morgan fingerprint density at radius 3 is 1.65 bits per heavy atom. The number of hydrogen-bond donors (Lipinski definition) is 10. The Labute approximate surface area is 378 Å². The minimum absolute atomic E-state index is 0.0533. The maximum absolute atomic E-state index is 14.2. The number of likely N-dealkylation sites (tertiary alicyclic amines) is 1. The van der Waals surface area contributed by atoms with Gasteiger partial charge in [0, 0.05) is 19.4 Å². The van der Waals surface area contributed by atoms with Crippen molar-refractivity contribution in [2.45, 2.75) is 135 Å². The first-order chi connectivity index (χ1) is 30.7. The van der Waals surface area contributed by atoms with Crippen molar-refractivity contribution >= 4 is 53.3 Å². The molecule has 0 saturated carbocycles. The molecule has 1 fully saturated rings. The van der Waals surface area contributed by atoms with Gasteiger partial charge >= 0.3 is 11.9 Å². The molecule has 356 valence electrons. The molecule has 1 heterocycles. The van der Waals surface area contributed by atoms with Crippen molar-refractivity contribution in [3.63, 3.8) is 0 Å². The number of carboxylic acids is 2. The fourth-order valence-corrected chi connectivity index (χ4v) is 7.12. The number of hydrogen-bond acceptors (Lipinski definition) is 11. The Morgan fingerprint density at radius 2 is 1.11 bits per heavy atom. The summed E-state index contributed by atoms with van der Waals surface area (Å²) in [6, 6.07) is 4.53. The third-order valence-electron chi connectivity index (χ3n) is 11.6. The third-order valence-corrected chi connectivity index (χ3v) is 11.6. The van der Waals surface area contributed by atoms with Crippen LogP contribution in [0.25, 0.3) is 0 Å². The lowest BCUT2D eigenvalue weighted by atomic mass is 9.96. The Bertz CT molecular complexity index is 2000. The lowest BCUT2D eigenvalue weighted by Crippen LogP contribution is -2.61. The van der Waals surface area contributed by atoms with Crippen molar-refractivity contribution < 1.29 is 58.5 Å². The molecule has 20 nitrogen and oxygen atoms in total. The fourth-order valence-electron chi connectivity index (χ4n) is 7.12. The largest absolute Gasteiger partial charge is 0.508 e. The smallest absolute Gasteiger partial charge is 0.326 e. The summed E-state index contributed by atoms with van der Waals surface area (Å²) in [7, 11) is 0. The zero-order chi connectivity index (χ0) is 48.5. The summed E-state index contributed by atoms with van der Waals surface area (Å²) >= 11 is 0. The summed E-state index contributed by atoms with van der Waals surface area (Å²) in [4.78, 5) is 120. The first-order valence-electron chi connectivity index (χ1n) is 21.8. The highest BCUT2D eigenvalue weighted by molar-refractivity contribution is 5.98. The van der Waals surface area contributed by atoms with E-state index in [4.69, 9.17) is 10.8 Å². The van der Waals surface area contributed by atoms with E-state index in [1.165, 1.54) is 43.0 Å². The molecule has 0 bridgehead atoms. The molecule has 1 aliphatic heterocycles. The molecule has 1 aliphatic rings. The Balaban J connectivity index is 1.82. The van der Waals surface area contributed by atoms with Crippen molar-refractivity contribution in [3.05, 3.63) is 65.7 Å².